The maximum Gasteiger partial charge on any atom is 0.0474 e. The van der Waals surface area contributed by atoms with Gasteiger partial charge < -0.3 is 10.2 Å². The lowest BCUT2D eigenvalue weighted by molar-refractivity contribution is 0.652. The predicted octanol–water partition coefficient (Wildman–Crippen LogP) is 4.70. The Bertz CT molecular complexity index is 653. The fourth-order valence-corrected chi connectivity index (χ4v) is 3.47. The average molecular weight is 301 g/mol. The molecule has 0 bridgehead atoms. The highest BCUT2D eigenvalue weighted by Gasteiger charge is 2.27. The smallest absolute Gasteiger partial charge is 0.0474 e. The van der Waals surface area contributed by atoms with Crippen LogP contribution in [0.4, 0.5) is 11.4 Å². The molecule has 2 unspecified atom stereocenters. The molecule has 0 aliphatic carbocycles. The molecule has 0 amide bonds. The highest BCUT2D eigenvalue weighted by Crippen LogP contribution is 2.39. The van der Waals surface area contributed by atoms with Gasteiger partial charge in [0.15, 0.2) is 0 Å². The van der Waals surface area contributed by atoms with Crippen molar-refractivity contribution in [3.63, 3.8) is 0 Å². The molecule has 0 spiro atoms. The summed E-state index contributed by atoms with van der Waals surface area (Å²) in [5, 5.41) is 4.06. The van der Waals surface area contributed by atoms with Crippen LogP contribution in [0.15, 0.2) is 42.5 Å². The molecule has 0 fully saturated rings. The Morgan fingerprint density at radius 1 is 1.24 bits per heavy atom. The monoisotopic (exact) mass is 300 g/mol. The van der Waals surface area contributed by atoms with E-state index >= 15 is 0 Å². The molecule has 2 aromatic rings. The number of nitrogens with one attached hydrogen (secondary N) is 1. The third-order valence-corrected chi connectivity index (χ3v) is 4.70. The van der Waals surface area contributed by atoms with E-state index in [9.17, 15) is 0 Å². The van der Waals surface area contributed by atoms with Crippen LogP contribution in [0.3, 0.4) is 0 Å². The van der Waals surface area contributed by atoms with Gasteiger partial charge >= 0.3 is 0 Å². The Morgan fingerprint density at radius 3 is 2.71 bits per heavy atom. The molecular weight excluding hydrogens is 280 g/mol. The van der Waals surface area contributed by atoms with Gasteiger partial charge in [0.1, 0.15) is 0 Å². The Balaban J connectivity index is 2.00. The summed E-state index contributed by atoms with van der Waals surface area (Å²) in [6.45, 7) is 4.38. The fourth-order valence-electron chi connectivity index (χ4n) is 3.13. The zero-order chi connectivity index (χ0) is 15.0. The summed E-state index contributed by atoms with van der Waals surface area (Å²) in [4.78, 5) is 2.38. The van der Waals surface area contributed by atoms with Crippen molar-refractivity contribution in [3.8, 4) is 0 Å². The van der Waals surface area contributed by atoms with Gasteiger partial charge in [-0.2, -0.15) is 0 Å². The van der Waals surface area contributed by atoms with Crippen molar-refractivity contribution in [2.45, 2.75) is 32.4 Å². The molecule has 1 aliphatic heterocycles. The molecule has 2 atom stereocenters. The minimum atomic E-state index is 0.259. The SMILES string of the molecule is CNC(C)c1ccc(N2c3ccccc3CC2C)cc1Cl. The highest BCUT2D eigenvalue weighted by atomic mass is 35.5. The Kier molecular flexibility index (Phi) is 3.92. The third kappa shape index (κ3) is 2.54. The molecular formula is C18H21ClN2. The van der Waals surface area contributed by atoms with Gasteiger partial charge in [0.05, 0.1) is 0 Å². The fraction of sp³-hybridized carbons (Fsp3) is 0.333. The first-order chi connectivity index (χ1) is 10.1. The Labute approximate surface area is 131 Å². The lowest BCUT2D eigenvalue weighted by Gasteiger charge is -2.26. The average Bonchev–Trinajstić information content (AvgIpc) is 2.82. The quantitative estimate of drug-likeness (QED) is 0.883. The highest BCUT2D eigenvalue weighted by molar-refractivity contribution is 6.31. The van der Waals surface area contributed by atoms with Gasteiger partial charge in [0, 0.05) is 28.5 Å². The molecule has 1 N–H and O–H groups in total. The second kappa shape index (κ2) is 5.70. The summed E-state index contributed by atoms with van der Waals surface area (Å²) in [7, 11) is 1.95. The molecule has 0 saturated heterocycles. The van der Waals surface area contributed by atoms with E-state index in [0.29, 0.717) is 6.04 Å². The number of rotatable bonds is 3. The van der Waals surface area contributed by atoms with E-state index in [1.54, 1.807) is 0 Å². The zero-order valence-electron chi connectivity index (χ0n) is 12.7. The molecule has 2 aromatic carbocycles. The maximum atomic E-state index is 6.49. The van der Waals surface area contributed by atoms with Crippen LogP contribution >= 0.6 is 11.6 Å². The van der Waals surface area contributed by atoms with Crippen molar-refractivity contribution in [2.24, 2.45) is 0 Å². The third-order valence-electron chi connectivity index (χ3n) is 4.37. The molecule has 0 aromatic heterocycles. The lowest BCUT2D eigenvalue weighted by Crippen LogP contribution is -2.24. The van der Waals surface area contributed by atoms with Crippen LogP contribution in [-0.2, 0) is 6.42 Å². The first-order valence-corrected chi connectivity index (χ1v) is 7.83. The van der Waals surface area contributed by atoms with E-state index in [1.165, 1.54) is 16.9 Å². The first-order valence-electron chi connectivity index (χ1n) is 7.45. The maximum absolute atomic E-state index is 6.49. The predicted molar refractivity (Wildman–Crippen MR) is 90.7 cm³/mol. The molecule has 110 valence electrons. The van der Waals surface area contributed by atoms with E-state index < -0.39 is 0 Å². The van der Waals surface area contributed by atoms with Crippen LogP contribution in [0.25, 0.3) is 0 Å². The van der Waals surface area contributed by atoms with Gasteiger partial charge in [-0.25, -0.2) is 0 Å². The van der Waals surface area contributed by atoms with Crippen molar-refractivity contribution in [1.82, 2.24) is 5.32 Å². The van der Waals surface area contributed by atoms with E-state index in [1.807, 2.05) is 7.05 Å². The van der Waals surface area contributed by atoms with Gasteiger partial charge in [0.25, 0.3) is 0 Å². The number of nitrogens with zero attached hydrogens (tertiary/aromatic N) is 1. The molecule has 21 heavy (non-hydrogen) atoms. The molecule has 3 rings (SSSR count). The van der Waals surface area contributed by atoms with E-state index in [0.717, 1.165) is 17.0 Å². The summed E-state index contributed by atoms with van der Waals surface area (Å²) in [5.74, 6) is 0. The van der Waals surface area contributed by atoms with Crippen molar-refractivity contribution >= 4 is 23.0 Å². The normalized spacial score (nSPS) is 18.7. The van der Waals surface area contributed by atoms with Crippen LogP contribution in [-0.4, -0.2) is 13.1 Å². The largest absolute Gasteiger partial charge is 0.338 e. The molecule has 1 aliphatic rings. The first kappa shape index (κ1) is 14.4. The standard InChI is InChI=1S/C18H21ClN2/c1-12-10-14-6-4-5-7-18(14)21(12)15-8-9-16(13(2)20-3)17(19)11-15/h4-9,11-13,20H,10H2,1-3H3. The summed E-state index contributed by atoms with van der Waals surface area (Å²) < 4.78 is 0. The Morgan fingerprint density at radius 2 is 2.00 bits per heavy atom. The van der Waals surface area contributed by atoms with Gasteiger partial charge in [0.2, 0.25) is 0 Å². The molecule has 0 saturated carbocycles. The van der Waals surface area contributed by atoms with Gasteiger partial charge in [-0.05, 0) is 56.6 Å². The number of anilines is 2. The zero-order valence-corrected chi connectivity index (χ0v) is 13.5. The van der Waals surface area contributed by atoms with Crippen LogP contribution in [0, 0.1) is 0 Å². The van der Waals surface area contributed by atoms with Crippen LogP contribution in [0.2, 0.25) is 5.02 Å². The van der Waals surface area contributed by atoms with Gasteiger partial charge in [-0.1, -0.05) is 35.9 Å². The van der Waals surface area contributed by atoms with Gasteiger partial charge in [-0.3, -0.25) is 0 Å². The van der Waals surface area contributed by atoms with Crippen LogP contribution < -0.4 is 10.2 Å². The second-order valence-electron chi connectivity index (χ2n) is 5.77. The molecule has 1 heterocycles. The second-order valence-corrected chi connectivity index (χ2v) is 6.18. The number of fused-ring (bicyclic) bond motifs is 1. The minimum Gasteiger partial charge on any atom is -0.338 e. The number of hydrogen-bond donors (Lipinski definition) is 1. The van der Waals surface area contributed by atoms with Gasteiger partial charge in [-0.15, -0.1) is 0 Å². The number of halogens is 1. The van der Waals surface area contributed by atoms with Crippen molar-refractivity contribution in [2.75, 3.05) is 11.9 Å². The minimum absolute atomic E-state index is 0.259. The number of para-hydroxylation sites is 1. The van der Waals surface area contributed by atoms with E-state index in [-0.39, 0.29) is 6.04 Å². The number of benzene rings is 2. The summed E-state index contributed by atoms with van der Waals surface area (Å²) in [5.41, 5.74) is 5.02. The van der Waals surface area contributed by atoms with E-state index in [4.69, 9.17) is 11.6 Å². The lowest BCUT2D eigenvalue weighted by atomic mass is 10.1. The van der Waals surface area contributed by atoms with Crippen molar-refractivity contribution in [3.05, 3.63) is 58.6 Å². The number of hydrogen-bond acceptors (Lipinski definition) is 2. The van der Waals surface area contributed by atoms with E-state index in [2.05, 4.69) is 66.5 Å². The Hall–Kier alpha value is -1.51. The molecule has 2 nitrogen and oxygen atoms in total. The topological polar surface area (TPSA) is 15.3 Å². The van der Waals surface area contributed by atoms with Crippen LogP contribution in [0.1, 0.15) is 31.0 Å². The van der Waals surface area contributed by atoms with Crippen molar-refractivity contribution in [1.29, 1.82) is 0 Å². The summed E-state index contributed by atoms with van der Waals surface area (Å²) in [6, 6.07) is 15.7. The summed E-state index contributed by atoms with van der Waals surface area (Å²) in [6.07, 6.45) is 1.09. The summed E-state index contributed by atoms with van der Waals surface area (Å²) >= 11 is 6.49. The van der Waals surface area contributed by atoms with Crippen LogP contribution in [0.5, 0.6) is 0 Å². The molecule has 3 heteroatoms. The molecule has 0 radical (unpaired) electrons. The van der Waals surface area contributed by atoms with Crippen molar-refractivity contribution < 1.29 is 0 Å².